The maximum absolute atomic E-state index is 5.45. The molecule has 0 saturated heterocycles. The second kappa shape index (κ2) is 7.21. The minimum atomic E-state index is 0.820. The van der Waals surface area contributed by atoms with Crippen LogP contribution < -0.4 is 0 Å². The highest BCUT2D eigenvalue weighted by Gasteiger charge is 1.99. The third-order valence-corrected chi connectivity index (χ3v) is 2.28. The van der Waals surface area contributed by atoms with Crippen LogP contribution in [-0.4, -0.2) is 18.9 Å². The predicted octanol–water partition coefficient (Wildman–Crippen LogP) is 3.65. The normalized spacial score (nSPS) is 15.3. The molecule has 0 fully saturated rings. The zero-order chi connectivity index (χ0) is 11.8. The Balaban J connectivity index is 2.41. The molecule has 0 saturated carbocycles. The van der Waals surface area contributed by atoms with Gasteiger partial charge in [0, 0.05) is 18.9 Å². The SMILES string of the molecule is CCCOCCCC1=C=C(C)C=CC(C)=N1. The quantitative estimate of drug-likeness (QED) is 0.493. The molecule has 0 radical (unpaired) electrons. The first-order chi connectivity index (χ1) is 7.72. The van der Waals surface area contributed by atoms with Crippen molar-refractivity contribution in [2.24, 2.45) is 4.99 Å². The van der Waals surface area contributed by atoms with Crippen molar-refractivity contribution in [3.05, 3.63) is 29.2 Å². The summed E-state index contributed by atoms with van der Waals surface area (Å²) >= 11 is 0. The smallest absolute Gasteiger partial charge is 0.0827 e. The minimum Gasteiger partial charge on any atom is -0.381 e. The summed E-state index contributed by atoms with van der Waals surface area (Å²) < 4.78 is 5.45. The fourth-order valence-corrected chi connectivity index (χ4v) is 1.50. The second-order valence-electron chi connectivity index (χ2n) is 4.06. The molecule has 0 atom stereocenters. The van der Waals surface area contributed by atoms with Gasteiger partial charge in [-0.15, -0.1) is 0 Å². The molecule has 0 unspecified atom stereocenters. The molecule has 2 nitrogen and oxygen atoms in total. The summed E-state index contributed by atoms with van der Waals surface area (Å²) in [4.78, 5) is 4.50. The van der Waals surface area contributed by atoms with E-state index in [-0.39, 0.29) is 0 Å². The van der Waals surface area contributed by atoms with Crippen molar-refractivity contribution < 1.29 is 4.74 Å². The van der Waals surface area contributed by atoms with Crippen molar-refractivity contribution in [1.29, 1.82) is 0 Å². The van der Waals surface area contributed by atoms with Crippen molar-refractivity contribution in [3.63, 3.8) is 0 Å². The van der Waals surface area contributed by atoms with Crippen LogP contribution in [-0.2, 0) is 4.74 Å². The summed E-state index contributed by atoms with van der Waals surface area (Å²) in [5.74, 6) is 0. The van der Waals surface area contributed by atoms with Crippen LogP contribution in [0.4, 0.5) is 0 Å². The fourth-order valence-electron chi connectivity index (χ4n) is 1.50. The Hall–Kier alpha value is -1.11. The summed E-state index contributed by atoms with van der Waals surface area (Å²) in [5.41, 5.74) is 6.54. The van der Waals surface area contributed by atoms with E-state index in [1.165, 1.54) is 0 Å². The topological polar surface area (TPSA) is 21.6 Å². The molecule has 0 aromatic carbocycles. The Kier molecular flexibility index (Phi) is 5.84. The summed E-state index contributed by atoms with van der Waals surface area (Å²) in [7, 11) is 0. The van der Waals surface area contributed by atoms with E-state index >= 15 is 0 Å². The molecule has 1 aliphatic rings. The number of hydrogen-bond acceptors (Lipinski definition) is 2. The molecule has 16 heavy (non-hydrogen) atoms. The van der Waals surface area contributed by atoms with Crippen LogP contribution in [0.2, 0.25) is 0 Å². The lowest BCUT2D eigenvalue weighted by atomic mass is 10.2. The molecule has 0 bridgehead atoms. The maximum atomic E-state index is 5.45. The van der Waals surface area contributed by atoms with E-state index in [1.807, 2.05) is 13.0 Å². The number of ether oxygens (including phenoxy) is 1. The van der Waals surface area contributed by atoms with Gasteiger partial charge < -0.3 is 4.74 Å². The number of aliphatic imine (C=N–C) groups is 1. The molecule has 88 valence electrons. The van der Waals surface area contributed by atoms with Gasteiger partial charge >= 0.3 is 0 Å². The Morgan fingerprint density at radius 1 is 1.25 bits per heavy atom. The maximum Gasteiger partial charge on any atom is 0.0827 e. The molecule has 0 N–H and O–H groups in total. The Morgan fingerprint density at radius 2 is 2.06 bits per heavy atom. The third-order valence-electron chi connectivity index (χ3n) is 2.28. The Labute approximate surface area is 98.4 Å². The molecular weight excluding hydrogens is 198 g/mol. The van der Waals surface area contributed by atoms with E-state index in [1.54, 1.807) is 0 Å². The van der Waals surface area contributed by atoms with Crippen molar-refractivity contribution in [1.82, 2.24) is 0 Å². The molecular formula is C14H21NO. The fraction of sp³-hybridized carbons (Fsp3) is 0.571. The van der Waals surface area contributed by atoms with E-state index in [0.29, 0.717) is 0 Å². The van der Waals surface area contributed by atoms with E-state index in [4.69, 9.17) is 4.74 Å². The van der Waals surface area contributed by atoms with Gasteiger partial charge in [-0.2, -0.15) is 0 Å². The van der Waals surface area contributed by atoms with E-state index < -0.39 is 0 Å². The van der Waals surface area contributed by atoms with Crippen molar-refractivity contribution in [2.45, 2.75) is 40.0 Å². The molecule has 1 aliphatic heterocycles. The molecule has 2 heteroatoms. The zero-order valence-electron chi connectivity index (χ0n) is 10.5. The third kappa shape index (κ3) is 5.11. The van der Waals surface area contributed by atoms with Crippen molar-refractivity contribution in [3.8, 4) is 0 Å². The van der Waals surface area contributed by atoms with Gasteiger partial charge in [-0.3, -0.25) is 0 Å². The van der Waals surface area contributed by atoms with Crippen molar-refractivity contribution >= 4 is 5.71 Å². The summed E-state index contributed by atoms with van der Waals surface area (Å²) in [6, 6.07) is 0. The number of rotatable bonds is 6. The molecule has 1 rings (SSSR count). The highest BCUT2D eigenvalue weighted by Crippen LogP contribution is 2.11. The summed E-state index contributed by atoms with van der Waals surface area (Å²) in [6.07, 6.45) is 7.14. The van der Waals surface area contributed by atoms with Gasteiger partial charge in [0.2, 0.25) is 0 Å². The first kappa shape index (κ1) is 13.0. The monoisotopic (exact) mass is 219 g/mol. The average molecular weight is 219 g/mol. The largest absolute Gasteiger partial charge is 0.381 e. The van der Waals surface area contributed by atoms with Crippen molar-refractivity contribution in [2.75, 3.05) is 13.2 Å². The molecule has 0 amide bonds. The van der Waals surface area contributed by atoms with E-state index in [0.717, 1.165) is 49.5 Å². The van der Waals surface area contributed by atoms with Gasteiger partial charge in [-0.05, 0) is 50.8 Å². The number of nitrogens with zero attached hydrogens (tertiary/aromatic N) is 1. The lowest BCUT2D eigenvalue weighted by Crippen LogP contribution is -1.96. The van der Waals surface area contributed by atoms with Crippen LogP contribution in [0.15, 0.2) is 34.1 Å². The highest BCUT2D eigenvalue weighted by atomic mass is 16.5. The van der Waals surface area contributed by atoms with Crippen LogP contribution in [0.3, 0.4) is 0 Å². The molecule has 0 aromatic rings. The zero-order valence-corrected chi connectivity index (χ0v) is 10.5. The summed E-state index contributed by atoms with van der Waals surface area (Å²) in [6.45, 7) is 7.87. The average Bonchev–Trinajstić information content (AvgIpc) is 2.40. The predicted molar refractivity (Wildman–Crippen MR) is 68.8 cm³/mol. The van der Waals surface area contributed by atoms with Crippen LogP contribution in [0.5, 0.6) is 0 Å². The lowest BCUT2D eigenvalue weighted by Gasteiger charge is -2.02. The van der Waals surface area contributed by atoms with Gasteiger partial charge in [-0.1, -0.05) is 12.7 Å². The highest BCUT2D eigenvalue weighted by molar-refractivity contribution is 5.94. The molecule has 1 heterocycles. The first-order valence-electron chi connectivity index (χ1n) is 6.00. The van der Waals surface area contributed by atoms with Gasteiger partial charge in [0.1, 0.15) is 0 Å². The van der Waals surface area contributed by atoms with Crippen LogP contribution in [0.25, 0.3) is 0 Å². The standard InChI is InChI=1S/C14H21NO/c1-4-9-16-10-5-6-14-11-12(2)7-8-13(3)15-14/h7-8H,4-6,9-10H2,1-3H3. The lowest BCUT2D eigenvalue weighted by molar-refractivity contribution is 0.132. The van der Waals surface area contributed by atoms with E-state index in [9.17, 15) is 0 Å². The van der Waals surface area contributed by atoms with Gasteiger partial charge in [0.05, 0.1) is 5.70 Å². The Bertz CT molecular complexity index is 344. The van der Waals surface area contributed by atoms with Gasteiger partial charge in [-0.25, -0.2) is 4.99 Å². The Morgan fingerprint density at radius 3 is 2.81 bits per heavy atom. The molecule has 0 aliphatic carbocycles. The van der Waals surface area contributed by atoms with Gasteiger partial charge in [0.15, 0.2) is 0 Å². The van der Waals surface area contributed by atoms with Gasteiger partial charge in [0.25, 0.3) is 0 Å². The van der Waals surface area contributed by atoms with Crippen LogP contribution in [0, 0.1) is 0 Å². The molecule has 0 spiro atoms. The van der Waals surface area contributed by atoms with Crippen LogP contribution >= 0.6 is 0 Å². The number of allylic oxidation sites excluding steroid dienone is 3. The number of hydrogen-bond donors (Lipinski definition) is 0. The summed E-state index contributed by atoms with van der Waals surface area (Å²) in [5, 5.41) is 0. The minimum absolute atomic E-state index is 0.820. The van der Waals surface area contributed by atoms with Crippen LogP contribution in [0.1, 0.15) is 40.0 Å². The second-order valence-corrected chi connectivity index (χ2v) is 4.06. The van der Waals surface area contributed by atoms with E-state index in [2.05, 4.69) is 30.6 Å². The molecule has 0 aromatic heterocycles. The first-order valence-corrected chi connectivity index (χ1v) is 6.00.